The van der Waals surface area contributed by atoms with Crippen molar-refractivity contribution in [1.29, 1.82) is 0 Å². The van der Waals surface area contributed by atoms with Gasteiger partial charge >= 0.3 is 5.97 Å². The fraction of sp³-hybridized carbons (Fsp3) is 0.167. The Labute approximate surface area is 133 Å². The maximum absolute atomic E-state index is 12.2. The highest BCUT2D eigenvalue weighted by Gasteiger charge is 2.18. The molecule has 1 aliphatic heterocycles. The summed E-state index contributed by atoms with van der Waals surface area (Å²) in [4.78, 5) is 34.5. The Morgan fingerprint density at radius 1 is 1.04 bits per heavy atom. The van der Waals surface area contributed by atoms with Gasteiger partial charge in [-0.1, -0.05) is 24.3 Å². The summed E-state index contributed by atoms with van der Waals surface area (Å²) >= 11 is 0. The number of nitrogens with one attached hydrogen (secondary N) is 1. The van der Waals surface area contributed by atoms with E-state index in [4.69, 9.17) is 5.11 Å². The minimum absolute atomic E-state index is 0.00442. The van der Waals surface area contributed by atoms with Crippen molar-refractivity contribution in [2.75, 3.05) is 5.32 Å². The van der Waals surface area contributed by atoms with E-state index in [0.29, 0.717) is 12.0 Å². The molecule has 0 atom stereocenters. The Hall–Kier alpha value is -2.95. The summed E-state index contributed by atoms with van der Waals surface area (Å²) in [6.45, 7) is 0. The van der Waals surface area contributed by atoms with Crippen molar-refractivity contribution in [1.82, 2.24) is 0 Å². The standard InChI is InChI=1S/C18H15NO4/c20-15(8-11-2-1-3-13(6-11)18(22)23)9-12-4-5-16-14(7-12)10-17(21)19-16/h1-7H,8-10H2,(H,19,21)(H,22,23). The van der Waals surface area contributed by atoms with E-state index < -0.39 is 5.97 Å². The molecule has 1 heterocycles. The predicted octanol–water partition coefficient (Wildman–Crippen LogP) is 2.23. The molecule has 1 aliphatic rings. The lowest BCUT2D eigenvalue weighted by Gasteiger charge is -2.05. The van der Waals surface area contributed by atoms with Gasteiger partial charge in [0.05, 0.1) is 12.0 Å². The van der Waals surface area contributed by atoms with Crippen molar-refractivity contribution in [3.8, 4) is 0 Å². The molecule has 2 aromatic carbocycles. The molecule has 116 valence electrons. The molecule has 3 rings (SSSR count). The van der Waals surface area contributed by atoms with Gasteiger partial charge in [0.25, 0.3) is 0 Å². The summed E-state index contributed by atoms with van der Waals surface area (Å²) in [7, 11) is 0. The first kappa shape index (κ1) is 15.0. The van der Waals surface area contributed by atoms with Crippen LogP contribution >= 0.6 is 0 Å². The second-order valence-corrected chi connectivity index (χ2v) is 5.61. The van der Waals surface area contributed by atoms with E-state index in [1.807, 2.05) is 18.2 Å². The number of ketones is 1. The molecular weight excluding hydrogens is 294 g/mol. The maximum atomic E-state index is 12.2. The van der Waals surface area contributed by atoms with E-state index in [-0.39, 0.29) is 30.1 Å². The van der Waals surface area contributed by atoms with Crippen LogP contribution in [0.5, 0.6) is 0 Å². The van der Waals surface area contributed by atoms with Crippen LogP contribution in [0.15, 0.2) is 42.5 Å². The maximum Gasteiger partial charge on any atom is 0.335 e. The zero-order chi connectivity index (χ0) is 16.4. The fourth-order valence-electron chi connectivity index (χ4n) is 2.72. The number of carbonyl (C=O) groups excluding carboxylic acids is 2. The number of carboxylic acid groups (broad SMARTS) is 1. The van der Waals surface area contributed by atoms with Gasteiger partial charge in [0.15, 0.2) is 0 Å². The molecule has 0 spiro atoms. The molecule has 5 nitrogen and oxygen atoms in total. The van der Waals surface area contributed by atoms with Crippen LogP contribution in [0.1, 0.15) is 27.0 Å². The first-order chi connectivity index (χ1) is 11.0. The average Bonchev–Trinajstić information content (AvgIpc) is 2.86. The van der Waals surface area contributed by atoms with Crippen LogP contribution in [0.25, 0.3) is 0 Å². The Morgan fingerprint density at radius 2 is 1.78 bits per heavy atom. The summed E-state index contributed by atoms with van der Waals surface area (Å²) in [6.07, 6.45) is 0.798. The van der Waals surface area contributed by atoms with E-state index >= 15 is 0 Å². The Bertz CT molecular complexity index is 810. The number of hydrogen-bond acceptors (Lipinski definition) is 3. The number of carbonyl (C=O) groups is 3. The summed E-state index contributed by atoms with van der Waals surface area (Å²) < 4.78 is 0. The molecule has 0 bridgehead atoms. The summed E-state index contributed by atoms with van der Waals surface area (Å²) in [5.41, 5.74) is 3.44. The molecule has 0 aliphatic carbocycles. The van der Waals surface area contributed by atoms with Gasteiger partial charge in [-0.05, 0) is 34.9 Å². The fourth-order valence-corrected chi connectivity index (χ4v) is 2.72. The number of anilines is 1. The molecule has 2 N–H and O–H groups in total. The zero-order valence-electron chi connectivity index (χ0n) is 12.3. The van der Waals surface area contributed by atoms with E-state index in [2.05, 4.69) is 5.32 Å². The molecule has 2 aromatic rings. The van der Waals surface area contributed by atoms with Crippen molar-refractivity contribution >= 4 is 23.3 Å². The van der Waals surface area contributed by atoms with Crippen molar-refractivity contribution in [3.05, 3.63) is 64.7 Å². The van der Waals surface area contributed by atoms with Gasteiger partial charge in [-0.15, -0.1) is 0 Å². The normalized spacial score (nSPS) is 12.6. The Balaban J connectivity index is 1.68. The van der Waals surface area contributed by atoms with Gasteiger partial charge in [0, 0.05) is 18.5 Å². The second-order valence-electron chi connectivity index (χ2n) is 5.61. The van der Waals surface area contributed by atoms with E-state index in [9.17, 15) is 14.4 Å². The van der Waals surface area contributed by atoms with E-state index in [1.54, 1.807) is 12.1 Å². The average molecular weight is 309 g/mol. The first-order valence-electron chi connectivity index (χ1n) is 7.27. The molecular formula is C18H15NO4. The molecule has 0 saturated heterocycles. The minimum Gasteiger partial charge on any atom is -0.478 e. The second kappa shape index (κ2) is 6.04. The first-order valence-corrected chi connectivity index (χ1v) is 7.27. The summed E-state index contributed by atoms with van der Waals surface area (Å²) in [5.74, 6) is -1.03. The third kappa shape index (κ3) is 3.45. The molecule has 0 radical (unpaired) electrons. The number of amides is 1. The summed E-state index contributed by atoms with van der Waals surface area (Å²) in [5, 5.41) is 11.7. The smallest absolute Gasteiger partial charge is 0.335 e. The number of hydrogen-bond donors (Lipinski definition) is 2. The van der Waals surface area contributed by atoms with Crippen LogP contribution in [0.3, 0.4) is 0 Å². The summed E-state index contributed by atoms with van der Waals surface area (Å²) in [6, 6.07) is 11.9. The third-order valence-corrected chi connectivity index (χ3v) is 3.77. The highest BCUT2D eigenvalue weighted by molar-refractivity contribution is 5.99. The predicted molar refractivity (Wildman–Crippen MR) is 84.6 cm³/mol. The van der Waals surface area contributed by atoms with Crippen molar-refractivity contribution in [2.24, 2.45) is 0 Å². The minimum atomic E-state index is -1.00. The monoisotopic (exact) mass is 309 g/mol. The lowest BCUT2D eigenvalue weighted by molar-refractivity contribution is -0.118. The highest BCUT2D eigenvalue weighted by atomic mass is 16.4. The van der Waals surface area contributed by atoms with Crippen LogP contribution in [0.4, 0.5) is 5.69 Å². The molecule has 23 heavy (non-hydrogen) atoms. The van der Waals surface area contributed by atoms with Gasteiger partial charge in [-0.2, -0.15) is 0 Å². The van der Waals surface area contributed by atoms with Crippen molar-refractivity contribution in [3.63, 3.8) is 0 Å². The van der Waals surface area contributed by atoms with Crippen LogP contribution in [-0.4, -0.2) is 22.8 Å². The van der Waals surface area contributed by atoms with Crippen LogP contribution in [-0.2, 0) is 28.9 Å². The number of fused-ring (bicyclic) bond motifs is 1. The number of benzene rings is 2. The quantitative estimate of drug-likeness (QED) is 0.887. The van der Waals surface area contributed by atoms with Gasteiger partial charge in [0.1, 0.15) is 5.78 Å². The molecule has 0 fully saturated rings. The number of rotatable bonds is 5. The molecule has 1 amide bonds. The van der Waals surface area contributed by atoms with Crippen LogP contribution in [0, 0.1) is 0 Å². The molecule has 0 unspecified atom stereocenters. The highest BCUT2D eigenvalue weighted by Crippen LogP contribution is 2.24. The topological polar surface area (TPSA) is 83.5 Å². The number of aromatic carboxylic acids is 1. The lowest BCUT2D eigenvalue weighted by atomic mass is 9.99. The lowest BCUT2D eigenvalue weighted by Crippen LogP contribution is -2.07. The van der Waals surface area contributed by atoms with Gasteiger partial charge < -0.3 is 10.4 Å². The molecule has 5 heteroatoms. The third-order valence-electron chi connectivity index (χ3n) is 3.77. The Morgan fingerprint density at radius 3 is 2.52 bits per heavy atom. The molecule has 0 aromatic heterocycles. The Kier molecular flexibility index (Phi) is 3.93. The van der Waals surface area contributed by atoms with Crippen LogP contribution in [0.2, 0.25) is 0 Å². The number of carboxylic acids is 1. The van der Waals surface area contributed by atoms with E-state index in [1.165, 1.54) is 12.1 Å². The van der Waals surface area contributed by atoms with Crippen molar-refractivity contribution in [2.45, 2.75) is 19.3 Å². The largest absolute Gasteiger partial charge is 0.478 e. The zero-order valence-corrected chi connectivity index (χ0v) is 12.3. The van der Waals surface area contributed by atoms with Gasteiger partial charge in [-0.25, -0.2) is 4.79 Å². The van der Waals surface area contributed by atoms with Gasteiger partial charge in [-0.3, -0.25) is 9.59 Å². The van der Waals surface area contributed by atoms with Crippen LogP contribution < -0.4 is 5.32 Å². The number of Topliss-reactive ketones (excluding diaryl/α,β-unsaturated/α-hetero) is 1. The van der Waals surface area contributed by atoms with E-state index in [0.717, 1.165) is 16.8 Å². The molecule has 0 saturated carbocycles. The van der Waals surface area contributed by atoms with Gasteiger partial charge in [0.2, 0.25) is 5.91 Å². The SMILES string of the molecule is O=C(Cc1cccc(C(=O)O)c1)Cc1ccc2c(c1)CC(=O)N2. The van der Waals surface area contributed by atoms with Crippen molar-refractivity contribution < 1.29 is 19.5 Å².